The van der Waals surface area contributed by atoms with Gasteiger partial charge in [0.25, 0.3) is 5.92 Å². The first kappa shape index (κ1) is 20.6. The molecule has 0 bridgehead atoms. The standard InChI is InChI=1S/C18H23F5N4OS/c1-11-13-8-27(12-6-17(19,20)7-12)10-26(4-2-18(21,22)23)15(13)29-14(11)9-25-5-3-24-16(25)28/h12H,2-10H2,1H3,(H,24,28). The largest absolute Gasteiger partial charge is 0.390 e. The summed E-state index contributed by atoms with van der Waals surface area (Å²) in [6.07, 6.45) is -5.74. The van der Waals surface area contributed by atoms with Gasteiger partial charge in [-0.1, -0.05) is 0 Å². The lowest BCUT2D eigenvalue weighted by atomic mass is 9.86. The third-order valence-electron chi connectivity index (χ3n) is 5.88. The summed E-state index contributed by atoms with van der Waals surface area (Å²) in [5.74, 6) is -2.68. The van der Waals surface area contributed by atoms with Gasteiger partial charge in [-0.25, -0.2) is 13.6 Å². The Morgan fingerprint density at radius 1 is 1.24 bits per heavy atom. The van der Waals surface area contributed by atoms with Crippen molar-refractivity contribution in [2.45, 2.75) is 57.4 Å². The molecule has 1 saturated heterocycles. The Labute approximate surface area is 169 Å². The first-order chi connectivity index (χ1) is 13.5. The van der Waals surface area contributed by atoms with E-state index in [1.165, 1.54) is 11.3 Å². The van der Waals surface area contributed by atoms with Crippen LogP contribution in [0.15, 0.2) is 0 Å². The van der Waals surface area contributed by atoms with Gasteiger partial charge in [0.1, 0.15) is 0 Å². The second-order valence-electron chi connectivity index (χ2n) is 8.02. The van der Waals surface area contributed by atoms with Gasteiger partial charge in [0.05, 0.1) is 24.6 Å². The normalized spacial score (nSPS) is 22.6. The van der Waals surface area contributed by atoms with Crippen molar-refractivity contribution in [1.82, 2.24) is 15.1 Å². The number of fused-ring (bicyclic) bond motifs is 1. The van der Waals surface area contributed by atoms with E-state index in [9.17, 15) is 26.7 Å². The summed E-state index contributed by atoms with van der Waals surface area (Å²) in [5.41, 5.74) is 1.84. The fraction of sp³-hybridized carbons (Fsp3) is 0.722. The molecule has 3 aliphatic rings. The van der Waals surface area contributed by atoms with Crippen LogP contribution in [-0.2, 0) is 13.1 Å². The number of nitrogens with zero attached hydrogens (tertiary/aromatic N) is 3. The quantitative estimate of drug-likeness (QED) is 0.709. The van der Waals surface area contributed by atoms with Crippen LogP contribution in [0.4, 0.5) is 31.7 Å². The maximum Gasteiger partial charge on any atom is 0.390 e. The third-order valence-corrected chi connectivity index (χ3v) is 7.26. The number of halogens is 5. The fourth-order valence-corrected chi connectivity index (χ4v) is 5.46. The molecule has 0 spiro atoms. The van der Waals surface area contributed by atoms with Crippen LogP contribution in [-0.4, -0.2) is 60.3 Å². The predicted molar refractivity (Wildman–Crippen MR) is 99.3 cm³/mol. The number of hydrogen-bond acceptors (Lipinski definition) is 4. The van der Waals surface area contributed by atoms with E-state index in [-0.39, 0.29) is 38.1 Å². The molecule has 1 N–H and O–H groups in total. The number of alkyl halides is 5. The van der Waals surface area contributed by atoms with Crippen molar-refractivity contribution in [2.75, 3.05) is 31.2 Å². The lowest BCUT2D eigenvalue weighted by Gasteiger charge is -2.47. The molecule has 29 heavy (non-hydrogen) atoms. The van der Waals surface area contributed by atoms with Crippen LogP contribution < -0.4 is 10.2 Å². The first-order valence-electron chi connectivity index (χ1n) is 9.60. The van der Waals surface area contributed by atoms with Crippen LogP contribution >= 0.6 is 11.3 Å². The van der Waals surface area contributed by atoms with Gasteiger partial charge in [0.15, 0.2) is 0 Å². The molecule has 11 heteroatoms. The predicted octanol–water partition coefficient (Wildman–Crippen LogP) is 3.91. The second-order valence-corrected chi connectivity index (χ2v) is 9.11. The van der Waals surface area contributed by atoms with Gasteiger partial charge in [0, 0.05) is 55.5 Å². The summed E-state index contributed by atoms with van der Waals surface area (Å²) in [5, 5.41) is 3.51. The molecule has 2 aliphatic heterocycles. The molecule has 0 aromatic carbocycles. The van der Waals surface area contributed by atoms with Crippen LogP contribution in [0.5, 0.6) is 0 Å². The Balaban J connectivity index is 1.57. The van der Waals surface area contributed by atoms with Crippen molar-refractivity contribution in [2.24, 2.45) is 0 Å². The zero-order valence-electron chi connectivity index (χ0n) is 16.0. The minimum Gasteiger partial charge on any atom is -0.350 e. The fourth-order valence-electron chi connectivity index (χ4n) is 4.11. The second kappa shape index (κ2) is 7.26. The van der Waals surface area contributed by atoms with Gasteiger partial charge < -0.3 is 15.1 Å². The number of rotatable bonds is 5. The van der Waals surface area contributed by atoms with E-state index >= 15 is 0 Å². The molecule has 1 saturated carbocycles. The molecule has 1 aromatic rings. The number of urea groups is 1. The smallest absolute Gasteiger partial charge is 0.350 e. The van der Waals surface area contributed by atoms with E-state index in [2.05, 4.69) is 5.32 Å². The van der Waals surface area contributed by atoms with E-state index < -0.39 is 18.5 Å². The third kappa shape index (κ3) is 4.30. The van der Waals surface area contributed by atoms with Crippen molar-refractivity contribution in [3.8, 4) is 0 Å². The molecular weight excluding hydrogens is 415 g/mol. The average molecular weight is 438 g/mol. The summed E-state index contributed by atoms with van der Waals surface area (Å²) in [4.78, 5) is 18.0. The van der Waals surface area contributed by atoms with E-state index in [1.54, 1.807) is 9.80 Å². The van der Waals surface area contributed by atoms with E-state index in [0.29, 0.717) is 26.2 Å². The van der Waals surface area contributed by atoms with Crippen LogP contribution in [0, 0.1) is 6.92 Å². The Morgan fingerprint density at radius 2 is 1.97 bits per heavy atom. The van der Waals surface area contributed by atoms with E-state index in [4.69, 9.17) is 0 Å². The van der Waals surface area contributed by atoms with E-state index in [1.807, 2.05) is 11.8 Å². The minimum atomic E-state index is -4.28. The highest BCUT2D eigenvalue weighted by Crippen LogP contribution is 2.46. The molecule has 162 valence electrons. The molecule has 0 radical (unpaired) electrons. The molecule has 0 atom stereocenters. The number of anilines is 1. The summed E-state index contributed by atoms with van der Waals surface area (Å²) < 4.78 is 65.2. The summed E-state index contributed by atoms with van der Waals surface area (Å²) >= 11 is 1.41. The number of hydrogen-bond donors (Lipinski definition) is 1. The number of nitrogens with one attached hydrogen (secondary N) is 1. The molecule has 1 aromatic heterocycles. The van der Waals surface area contributed by atoms with Gasteiger partial charge in [0.2, 0.25) is 0 Å². The van der Waals surface area contributed by atoms with E-state index in [0.717, 1.165) is 21.0 Å². The topological polar surface area (TPSA) is 38.8 Å². The van der Waals surface area contributed by atoms with Crippen LogP contribution in [0.2, 0.25) is 0 Å². The number of amides is 2. The SMILES string of the molecule is Cc1c(CN2CCNC2=O)sc2c1CN(C1CC(F)(F)C1)CN2CCC(F)(F)F. The Kier molecular flexibility index (Phi) is 5.17. The molecule has 0 unspecified atom stereocenters. The first-order valence-corrected chi connectivity index (χ1v) is 10.4. The molecular formula is C18H23F5N4OS. The van der Waals surface area contributed by atoms with Crippen LogP contribution in [0.1, 0.15) is 35.3 Å². The number of carbonyl (C=O) groups is 1. The average Bonchev–Trinajstić information content (AvgIpc) is 3.14. The van der Waals surface area contributed by atoms with Gasteiger partial charge in [-0.3, -0.25) is 4.90 Å². The lowest BCUT2D eigenvalue weighted by Crippen LogP contribution is -2.55. The van der Waals surface area contributed by atoms with Crippen molar-refractivity contribution in [1.29, 1.82) is 0 Å². The zero-order chi connectivity index (χ0) is 21.0. The van der Waals surface area contributed by atoms with Gasteiger partial charge in [-0.15, -0.1) is 11.3 Å². The molecule has 2 amide bonds. The minimum absolute atomic E-state index is 0.150. The molecule has 2 fully saturated rings. The van der Waals surface area contributed by atoms with Crippen LogP contribution in [0.3, 0.4) is 0 Å². The highest BCUT2D eigenvalue weighted by atomic mass is 32.1. The Hall–Kier alpha value is -1.62. The van der Waals surface area contributed by atoms with Crippen molar-refractivity contribution in [3.05, 3.63) is 16.0 Å². The maximum atomic E-state index is 13.4. The highest BCUT2D eigenvalue weighted by molar-refractivity contribution is 7.16. The molecule has 5 nitrogen and oxygen atoms in total. The summed E-state index contributed by atoms with van der Waals surface area (Å²) in [6, 6.07) is -0.471. The zero-order valence-corrected chi connectivity index (χ0v) is 16.8. The molecule has 1 aliphatic carbocycles. The maximum absolute atomic E-state index is 13.4. The molecule has 4 rings (SSSR count). The van der Waals surface area contributed by atoms with Gasteiger partial charge in [-0.2, -0.15) is 13.2 Å². The van der Waals surface area contributed by atoms with Gasteiger partial charge in [-0.05, 0) is 12.5 Å². The van der Waals surface area contributed by atoms with Crippen molar-refractivity contribution in [3.63, 3.8) is 0 Å². The summed E-state index contributed by atoms with van der Waals surface area (Å²) in [7, 11) is 0. The lowest BCUT2D eigenvalue weighted by molar-refractivity contribution is -0.134. The number of thiophene rings is 1. The highest BCUT2D eigenvalue weighted by Gasteiger charge is 2.49. The van der Waals surface area contributed by atoms with Crippen molar-refractivity contribution >= 4 is 22.4 Å². The monoisotopic (exact) mass is 438 g/mol. The molecule has 3 heterocycles. The number of carbonyl (C=O) groups excluding carboxylic acids is 1. The Morgan fingerprint density at radius 3 is 2.55 bits per heavy atom. The van der Waals surface area contributed by atoms with Crippen LogP contribution in [0.25, 0.3) is 0 Å². The van der Waals surface area contributed by atoms with Gasteiger partial charge >= 0.3 is 12.2 Å². The summed E-state index contributed by atoms with van der Waals surface area (Å²) in [6.45, 7) is 3.93. The Bertz CT molecular complexity index is 788. The van der Waals surface area contributed by atoms with Crippen molar-refractivity contribution < 1.29 is 26.7 Å².